The van der Waals surface area contributed by atoms with Gasteiger partial charge in [-0.15, -0.1) is 0 Å². The van der Waals surface area contributed by atoms with Crippen LogP contribution in [0.5, 0.6) is 0 Å². The molecule has 1 saturated heterocycles. The number of allylic oxidation sites excluding steroid dienone is 4. The minimum Gasteiger partial charge on any atom is -0.497 e. The molecule has 1 aliphatic carbocycles. The minimum absolute atomic E-state index is 0.507. The second-order valence-electron chi connectivity index (χ2n) is 4.55. The van der Waals surface area contributed by atoms with Gasteiger partial charge in [-0.2, -0.15) is 0 Å². The molecule has 0 radical (unpaired) electrons. The Labute approximate surface area is 104 Å². The van der Waals surface area contributed by atoms with Gasteiger partial charge in [-0.05, 0) is 43.5 Å². The van der Waals surface area contributed by atoms with Gasteiger partial charge in [0.25, 0.3) is 0 Å². The van der Waals surface area contributed by atoms with Crippen molar-refractivity contribution in [1.29, 1.82) is 0 Å². The summed E-state index contributed by atoms with van der Waals surface area (Å²) in [7, 11) is 1.72. The van der Waals surface area contributed by atoms with Gasteiger partial charge >= 0.3 is 0 Å². The van der Waals surface area contributed by atoms with Crippen LogP contribution in [-0.4, -0.2) is 32.8 Å². The summed E-state index contributed by atoms with van der Waals surface area (Å²) in [5, 5.41) is 6.97. The van der Waals surface area contributed by atoms with Crippen LogP contribution in [0.25, 0.3) is 0 Å². The van der Waals surface area contributed by atoms with Gasteiger partial charge in [-0.1, -0.05) is 12.2 Å². The number of nitrogens with one attached hydrogen (secondary N) is 2. The van der Waals surface area contributed by atoms with Crippen molar-refractivity contribution in [2.75, 3.05) is 26.7 Å². The molecule has 1 unspecified atom stereocenters. The van der Waals surface area contributed by atoms with Crippen LogP contribution in [0.4, 0.5) is 0 Å². The minimum atomic E-state index is 0.507. The van der Waals surface area contributed by atoms with E-state index in [-0.39, 0.29) is 0 Å². The molecule has 0 bridgehead atoms. The summed E-state index contributed by atoms with van der Waals surface area (Å²) in [6.45, 7) is 3.25. The van der Waals surface area contributed by atoms with Crippen LogP contribution < -0.4 is 10.6 Å². The van der Waals surface area contributed by atoms with E-state index in [4.69, 9.17) is 4.74 Å². The van der Waals surface area contributed by atoms with Crippen LogP contribution in [0.15, 0.2) is 35.6 Å². The van der Waals surface area contributed by atoms with Crippen LogP contribution in [0.3, 0.4) is 0 Å². The zero-order valence-corrected chi connectivity index (χ0v) is 10.5. The van der Waals surface area contributed by atoms with E-state index in [1.165, 1.54) is 18.4 Å². The Morgan fingerprint density at radius 2 is 2.29 bits per heavy atom. The van der Waals surface area contributed by atoms with Gasteiger partial charge in [0, 0.05) is 19.1 Å². The lowest BCUT2D eigenvalue weighted by Gasteiger charge is -2.20. The Balaban J connectivity index is 1.97. The molecule has 17 heavy (non-hydrogen) atoms. The SMILES string of the molecule is COC1=CC(=CC2CCCNCCN2)CC=C1. The maximum Gasteiger partial charge on any atom is 0.118 e. The van der Waals surface area contributed by atoms with Gasteiger partial charge in [0.15, 0.2) is 0 Å². The van der Waals surface area contributed by atoms with E-state index in [1.807, 2.05) is 6.08 Å². The average Bonchev–Trinajstić information content (AvgIpc) is 2.33. The standard InChI is InChI=1S/C14H22N2O/c1-17-14-6-2-4-12(11-14)10-13-5-3-7-15-8-9-16-13/h2,6,10-11,13,15-16H,3-5,7-9H2,1H3. The molecule has 0 aromatic rings. The quantitative estimate of drug-likeness (QED) is 0.763. The first-order valence-electron chi connectivity index (χ1n) is 6.45. The summed E-state index contributed by atoms with van der Waals surface area (Å²) in [6, 6.07) is 0.507. The van der Waals surface area contributed by atoms with Crippen molar-refractivity contribution >= 4 is 0 Å². The van der Waals surface area contributed by atoms with E-state index in [1.54, 1.807) is 7.11 Å². The molecule has 2 rings (SSSR count). The fourth-order valence-electron chi connectivity index (χ4n) is 2.26. The smallest absolute Gasteiger partial charge is 0.118 e. The second-order valence-corrected chi connectivity index (χ2v) is 4.55. The largest absolute Gasteiger partial charge is 0.497 e. The van der Waals surface area contributed by atoms with E-state index in [2.05, 4.69) is 28.9 Å². The Hall–Kier alpha value is -1.06. The zero-order chi connectivity index (χ0) is 11.9. The molecular weight excluding hydrogens is 212 g/mol. The highest BCUT2D eigenvalue weighted by Gasteiger charge is 2.09. The predicted molar refractivity (Wildman–Crippen MR) is 70.8 cm³/mol. The van der Waals surface area contributed by atoms with Crippen LogP contribution in [0.1, 0.15) is 19.3 Å². The van der Waals surface area contributed by atoms with Crippen LogP contribution in [0, 0.1) is 0 Å². The third-order valence-corrected chi connectivity index (χ3v) is 3.19. The summed E-state index contributed by atoms with van der Waals surface area (Å²) in [5.41, 5.74) is 1.36. The van der Waals surface area contributed by atoms with E-state index in [0.29, 0.717) is 6.04 Å². The lowest BCUT2D eigenvalue weighted by atomic mass is 10.0. The van der Waals surface area contributed by atoms with Crippen molar-refractivity contribution in [2.24, 2.45) is 0 Å². The Morgan fingerprint density at radius 3 is 3.18 bits per heavy atom. The highest BCUT2D eigenvalue weighted by molar-refractivity contribution is 5.34. The van der Waals surface area contributed by atoms with Gasteiger partial charge in [0.05, 0.1) is 7.11 Å². The number of hydrogen-bond donors (Lipinski definition) is 2. The third-order valence-electron chi connectivity index (χ3n) is 3.19. The third kappa shape index (κ3) is 4.02. The summed E-state index contributed by atoms with van der Waals surface area (Å²) < 4.78 is 5.26. The fourth-order valence-corrected chi connectivity index (χ4v) is 2.26. The van der Waals surface area contributed by atoms with Crippen LogP contribution in [-0.2, 0) is 4.74 Å². The topological polar surface area (TPSA) is 33.3 Å². The Bertz CT molecular complexity index is 323. The Kier molecular flexibility index (Phi) is 4.83. The van der Waals surface area contributed by atoms with Gasteiger partial charge in [0.1, 0.15) is 5.76 Å². The molecular formula is C14H22N2O. The molecule has 1 heterocycles. The first kappa shape index (κ1) is 12.4. The molecule has 0 saturated carbocycles. The first-order valence-corrected chi connectivity index (χ1v) is 6.45. The van der Waals surface area contributed by atoms with Crippen molar-refractivity contribution in [1.82, 2.24) is 10.6 Å². The highest BCUT2D eigenvalue weighted by Crippen LogP contribution is 2.17. The molecule has 1 aliphatic heterocycles. The molecule has 1 fully saturated rings. The zero-order valence-electron chi connectivity index (χ0n) is 10.5. The summed E-state index contributed by atoms with van der Waals surface area (Å²) >= 11 is 0. The molecule has 2 N–H and O–H groups in total. The normalized spacial score (nSPS) is 28.4. The van der Waals surface area contributed by atoms with Gasteiger partial charge in [0.2, 0.25) is 0 Å². The molecule has 3 heteroatoms. The summed E-state index contributed by atoms with van der Waals surface area (Å²) in [4.78, 5) is 0. The molecule has 0 aromatic heterocycles. The van der Waals surface area contributed by atoms with Crippen molar-refractivity contribution in [3.05, 3.63) is 35.6 Å². The number of ether oxygens (including phenoxy) is 1. The molecule has 0 spiro atoms. The van der Waals surface area contributed by atoms with Gasteiger partial charge in [-0.25, -0.2) is 0 Å². The lowest BCUT2D eigenvalue weighted by Crippen LogP contribution is -2.37. The van der Waals surface area contributed by atoms with E-state index >= 15 is 0 Å². The number of methoxy groups -OCH3 is 1. The monoisotopic (exact) mass is 234 g/mol. The first-order chi connectivity index (χ1) is 8.38. The van der Waals surface area contributed by atoms with E-state index in [9.17, 15) is 0 Å². The molecule has 1 atom stereocenters. The highest BCUT2D eigenvalue weighted by atomic mass is 16.5. The number of rotatable bonds is 2. The summed E-state index contributed by atoms with van der Waals surface area (Å²) in [6.07, 6.45) is 12.1. The molecule has 94 valence electrons. The predicted octanol–water partition coefficient (Wildman–Crippen LogP) is 1.74. The second kappa shape index (κ2) is 6.62. The van der Waals surface area contributed by atoms with Crippen molar-refractivity contribution < 1.29 is 4.74 Å². The molecule has 0 aromatic carbocycles. The number of hydrogen-bond acceptors (Lipinski definition) is 3. The van der Waals surface area contributed by atoms with Gasteiger partial charge in [-0.3, -0.25) is 0 Å². The average molecular weight is 234 g/mol. The van der Waals surface area contributed by atoms with Crippen molar-refractivity contribution in [2.45, 2.75) is 25.3 Å². The Morgan fingerprint density at radius 1 is 1.35 bits per heavy atom. The molecule has 3 nitrogen and oxygen atoms in total. The van der Waals surface area contributed by atoms with Crippen molar-refractivity contribution in [3.8, 4) is 0 Å². The fraction of sp³-hybridized carbons (Fsp3) is 0.571. The van der Waals surface area contributed by atoms with Crippen LogP contribution >= 0.6 is 0 Å². The van der Waals surface area contributed by atoms with Crippen LogP contribution in [0.2, 0.25) is 0 Å². The van der Waals surface area contributed by atoms with Gasteiger partial charge < -0.3 is 15.4 Å². The van der Waals surface area contributed by atoms with E-state index in [0.717, 1.165) is 31.8 Å². The maximum atomic E-state index is 5.26. The molecule has 0 amide bonds. The van der Waals surface area contributed by atoms with Crippen molar-refractivity contribution in [3.63, 3.8) is 0 Å². The molecule has 2 aliphatic rings. The lowest BCUT2D eigenvalue weighted by molar-refractivity contribution is 0.305. The summed E-state index contributed by atoms with van der Waals surface area (Å²) in [5.74, 6) is 0.954. The maximum absolute atomic E-state index is 5.26. The van der Waals surface area contributed by atoms with E-state index < -0.39 is 0 Å².